The van der Waals surface area contributed by atoms with Gasteiger partial charge in [-0.05, 0) is 24.5 Å². The number of carbonyl (C=O) groups excluding carboxylic acids is 1. The molecule has 26 heavy (non-hydrogen) atoms. The van der Waals surface area contributed by atoms with Crippen LogP contribution < -0.4 is 5.32 Å². The van der Waals surface area contributed by atoms with Crippen molar-refractivity contribution >= 4 is 5.91 Å². The Balaban J connectivity index is 1.33. The Labute approximate surface area is 155 Å². The Morgan fingerprint density at radius 2 is 1.85 bits per heavy atom. The fourth-order valence-corrected chi connectivity index (χ4v) is 4.01. The summed E-state index contributed by atoms with van der Waals surface area (Å²) in [5, 5.41) is 3.09. The van der Waals surface area contributed by atoms with E-state index in [4.69, 9.17) is 4.74 Å². The third-order valence-corrected chi connectivity index (χ3v) is 5.41. The molecule has 4 nitrogen and oxygen atoms in total. The molecular formula is C22H26N2O2. The van der Waals surface area contributed by atoms with E-state index < -0.39 is 0 Å². The first-order chi connectivity index (χ1) is 12.7. The number of ether oxygens (including phenoxy) is 1. The van der Waals surface area contributed by atoms with E-state index >= 15 is 0 Å². The van der Waals surface area contributed by atoms with E-state index in [0.29, 0.717) is 6.54 Å². The number of fused-ring (bicyclic) bond motifs is 2. The second kappa shape index (κ2) is 7.60. The molecule has 136 valence electrons. The molecule has 1 N–H and O–H groups in total. The predicted octanol–water partition coefficient (Wildman–Crippen LogP) is 2.90. The molecule has 1 amide bonds. The van der Waals surface area contributed by atoms with Crippen LogP contribution in [0.25, 0.3) is 0 Å². The summed E-state index contributed by atoms with van der Waals surface area (Å²) in [6.07, 6.45) is 1.01. The Bertz CT molecular complexity index is 744. The van der Waals surface area contributed by atoms with E-state index in [1.165, 1.54) is 11.1 Å². The van der Waals surface area contributed by atoms with Crippen LogP contribution in [-0.4, -0.2) is 36.1 Å². The Hall–Kier alpha value is -2.17. The molecular weight excluding hydrogens is 324 g/mol. The van der Waals surface area contributed by atoms with Gasteiger partial charge in [-0.3, -0.25) is 9.69 Å². The number of morpholine rings is 1. The van der Waals surface area contributed by atoms with E-state index in [-0.39, 0.29) is 24.0 Å². The van der Waals surface area contributed by atoms with Crippen LogP contribution in [0.15, 0.2) is 54.6 Å². The molecule has 2 aliphatic rings. The maximum absolute atomic E-state index is 12.7. The second-order valence-electron chi connectivity index (χ2n) is 7.52. The summed E-state index contributed by atoms with van der Waals surface area (Å²) in [5.41, 5.74) is 3.73. The molecule has 0 spiro atoms. The molecule has 0 unspecified atom stereocenters. The van der Waals surface area contributed by atoms with Gasteiger partial charge in [-0.15, -0.1) is 0 Å². The van der Waals surface area contributed by atoms with E-state index in [1.807, 2.05) is 30.3 Å². The predicted molar refractivity (Wildman–Crippen MR) is 102 cm³/mol. The molecule has 0 aliphatic carbocycles. The highest BCUT2D eigenvalue weighted by molar-refractivity contribution is 5.79. The SMILES string of the molecule is Cc1ccc(CN2C[C@H]3C[C@H](C(=O)NCc4ccccc4)[C@@H](C2)O3)cc1. The summed E-state index contributed by atoms with van der Waals surface area (Å²) < 4.78 is 6.07. The average molecular weight is 350 g/mol. The van der Waals surface area contributed by atoms with Crippen LogP contribution in [0.1, 0.15) is 23.1 Å². The normalized spacial score (nSPS) is 25.2. The molecule has 2 aliphatic heterocycles. The third kappa shape index (κ3) is 3.97. The van der Waals surface area contributed by atoms with Gasteiger partial charge in [0.25, 0.3) is 0 Å². The van der Waals surface area contributed by atoms with Gasteiger partial charge in [-0.25, -0.2) is 0 Å². The number of rotatable bonds is 5. The molecule has 4 rings (SSSR count). The smallest absolute Gasteiger partial charge is 0.226 e. The zero-order chi connectivity index (χ0) is 17.9. The van der Waals surface area contributed by atoms with Gasteiger partial charge >= 0.3 is 0 Å². The lowest BCUT2D eigenvalue weighted by atomic mass is 9.99. The number of aryl methyl sites for hydroxylation is 1. The molecule has 2 heterocycles. The van der Waals surface area contributed by atoms with E-state index in [9.17, 15) is 4.79 Å². The lowest BCUT2D eigenvalue weighted by Crippen LogP contribution is -2.44. The van der Waals surface area contributed by atoms with Crippen molar-refractivity contribution in [2.75, 3.05) is 13.1 Å². The number of amides is 1. The summed E-state index contributed by atoms with van der Waals surface area (Å²) in [6.45, 7) is 5.35. The van der Waals surface area contributed by atoms with Crippen LogP contribution in [0.5, 0.6) is 0 Å². The molecule has 0 saturated carbocycles. The fraction of sp³-hybridized carbons (Fsp3) is 0.409. The van der Waals surface area contributed by atoms with Crippen molar-refractivity contribution in [3.05, 3.63) is 71.3 Å². The van der Waals surface area contributed by atoms with Gasteiger partial charge < -0.3 is 10.1 Å². The summed E-state index contributed by atoms with van der Waals surface area (Å²) in [7, 11) is 0. The maximum Gasteiger partial charge on any atom is 0.226 e. The highest BCUT2D eigenvalue weighted by atomic mass is 16.5. The Kier molecular flexibility index (Phi) is 5.05. The monoisotopic (exact) mass is 350 g/mol. The first-order valence-electron chi connectivity index (χ1n) is 9.42. The van der Waals surface area contributed by atoms with E-state index in [2.05, 4.69) is 41.4 Å². The van der Waals surface area contributed by atoms with Crippen LogP contribution in [0.2, 0.25) is 0 Å². The fourth-order valence-electron chi connectivity index (χ4n) is 4.01. The standard InChI is InChI=1S/C22H26N2O2/c1-16-7-9-18(10-8-16)13-24-14-19-11-20(21(15-24)26-19)22(25)23-12-17-5-3-2-4-6-17/h2-10,19-21H,11-15H2,1H3,(H,23,25)/t19-,20+,21-/m1/s1. The summed E-state index contributed by atoms with van der Waals surface area (Å²) in [4.78, 5) is 15.1. The van der Waals surface area contributed by atoms with Crippen molar-refractivity contribution in [1.29, 1.82) is 0 Å². The van der Waals surface area contributed by atoms with Crippen LogP contribution in [0, 0.1) is 12.8 Å². The van der Waals surface area contributed by atoms with Gasteiger partial charge in [0.1, 0.15) is 0 Å². The molecule has 2 saturated heterocycles. The molecule has 3 atom stereocenters. The zero-order valence-corrected chi connectivity index (χ0v) is 15.2. The molecule has 2 fully saturated rings. The number of hydrogen-bond acceptors (Lipinski definition) is 3. The second-order valence-corrected chi connectivity index (χ2v) is 7.52. The lowest BCUT2D eigenvalue weighted by Gasteiger charge is -2.32. The minimum Gasteiger partial charge on any atom is -0.371 e. The van der Waals surface area contributed by atoms with E-state index in [0.717, 1.165) is 31.6 Å². The van der Waals surface area contributed by atoms with Gasteiger partial charge in [0.15, 0.2) is 0 Å². The summed E-state index contributed by atoms with van der Waals surface area (Å²) >= 11 is 0. The molecule has 2 aromatic carbocycles. The quantitative estimate of drug-likeness (QED) is 0.902. The molecule has 0 aromatic heterocycles. The van der Waals surface area contributed by atoms with Crippen molar-refractivity contribution < 1.29 is 9.53 Å². The minimum absolute atomic E-state index is 0.00923. The third-order valence-electron chi connectivity index (χ3n) is 5.41. The Morgan fingerprint density at radius 3 is 2.62 bits per heavy atom. The van der Waals surface area contributed by atoms with Crippen LogP contribution in [0.3, 0.4) is 0 Å². The van der Waals surface area contributed by atoms with Crippen molar-refractivity contribution in [3.8, 4) is 0 Å². The van der Waals surface area contributed by atoms with Gasteiger partial charge in [0.2, 0.25) is 5.91 Å². The number of nitrogens with one attached hydrogen (secondary N) is 1. The van der Waals surface area contributed by atoms with Gasteiger partial charge in [0.05, 0.1) is 18.1 Å². The van der Waals surface area contributed by atoms with Crippen LogP contribution in [0.4, 0.5) is 0 Å². The van der Waals surface area contributed by atoms with Crippen molar-refractivity contribution in [2.45, 2.75) is 38.6 Å². The van der Waals surface area contributed by atoms with Crippen LogP contribution in [-0.2, 0) is 22.6 Å². The van der Waals surface area contributed by atoms with Gasteiger partial charge in [0, 0.05) is 26.2 Å². The summed E-state index contributed by atoms with van der Waals surface area (Å²) in [5.74, 6) is 0.0882. The molecule has 4 heteroatoms. The van der Waals surface area contributed by atoms with Crippen molar-refractivity contribution in [2.24, 2.45) is 5.92 Å². The largest absolute Gasteiger partial charge is 0.371 e. The lowest BCUT2D eigenvalue weighted by molar-refractivity contribution is -0.128. The number of nitrogens with zero attached hydrogens (tertiary/aromatic N) is 1. The molecule has 0 radical (unpaired) electrons. The average Bonchev–Trinajstić information content (AvgIpc) is 2.97. The number of hydrogen-bond donors (Lipinski definition) is 1. The van der Waals surface area contributed by atoms with Gasteiger partial charge in [-0.2, -0.15) is 0 Å². The Morgan fingerprint density at radius 1 is 1.08 bits per heavy atom. The highest BCUT2D eigenvalue weighted by Gasteiger charge is 2.44. The van der Waals surface area contributed by atoms with Crippen LogP contribution >= 0.6 is 0 Å². The topological polar surface area (TPSA) is 41.6 Å². The van der Waals surface area contributed by atoms with E-state index in [1.54, 1.807) is 0 Å². The minimum atomic E-state index is -0.0354. The van der Waals surface area contributed by atoms with Gasteiger partial charge in [-0.1, -0.05) is 60.2 Å². The molecule has 2 aromatic rings. The number of carbonyl (C=O) groups is 1. The maximum atomic E-state index is 12.7. The first kappa shape index (κ1) is 17.3. The number of likely N-dealkylation sites (tertiary alicyclic amines) is 1. The number of benzene rings is 2. The highest BCUT2D eigenvalue weighted by Crippen LogP contribution is 2.32. The zero-order valence-electron chi connectivity index (χ0n) is 15.2. The van der Waals surface area contributed by atoms with Crippen molar-refractivity contribution in [1.82, 2.24) is 10.2 Å². The van der Waals surface area contributed by atoms with Crippen molar-refractivity contribution in [3.63, 3.8) is 0 Å². The first-order valence-corrected chi connectivity index (χ1v) is 9.42. The summed E-state index contributed by atoms with van der Waals surface area (Å²) in [6, 6.07) is 18.7. The molecule has 2 bridgehead atoms.